The fourth-order valence-corrected chi connectivity index (χ4v) is 3.17. The van der Waals surface area contributed by atoms with Crippen LogP contribution in [0.3, 0.4) is 0 Å². The second-order valence-corrected chi connectivity index (χ2v) is 7.21. The van der Waals surface area contributed by atoms with Gasteiger partial charge in [0, 0.05) is 12.2 Å². The molecule has 1 N–H and O–H groups in total. The largest absolute Gasteiger partial charge is 0.493 e. The quantitative estimate of drug-likeness (QED) is 0.528. The van der Waals surface area contributed by atoms with Crippen molar-refractivity contribution < 1.29 is 19.0 Å². The Labute approximate surface area is 183 Å². The van der Waals surface area contributed by atoms with Gasteiger partial charge in [-0.3, -0.25) is 9.69 Å². The van der Waals surface area contributed by atoms with Crippen LogP contribution in [0, 0.1) is 0 Å². The fraction of sp³-hybridized carbons (Fsp3) is 0.240. The number of anilines is 1. The van der Waals surface area contributed by atoms with Crippen LogP contribution in [0.1, 0.15) is 11.1 Å². The summed E-state index contributed by atoms with van der Waals surface area (Å²) in [6.45, 7) is 1.38. The fourth-order valence-electron chi connectivity index (χ4n) is 3.17. The number of amides is 1. The SMILES string of the molecule is COc1ccc(CN(C)CC(=O)Nc2ccc(OCc3ccccc3)cc2)cc1OC. The van der Waals surface area contributed by atoms with Gasteiger partial charge in [0.2, 0.25) is 5.91 Å². The highest BCUT2D eigenvalue weighted by atomic mass is 16.5. The molecule has 0 fully saturated rings. The molecule has 162 valence electrons. The molecule has 1 amide bonds. The van der Waals surface area contributed by atoms with Crippen LogP contribution < -0.4 is 19.5 Å². The van der Waals surface area contributed by atoms with Crippen molar-refractivity contribution in [2.24, 2.45) is 0 Å². The third-order valence-corrected chi connectivity index (χ3v) is 4.70. The molecule has 0 atom stereocenters. The minimum absolute atomic E-state index is 0.0825. The zero-order valence-electron chi connectivity index (χ0n) is 18.1. The molecule has 0 radical (unpaired) electrons. The molecular formula is C25H28N2O4. The van der Waals surface area contributed by atoms with Crippen LogP contribution in [-0.2, 0) is 17.9 Å². The van der Waals surface area contributed by atoms with Crippen molar-refractivity contribution in [3.8, 4) is 17.2 Å². The number of nitrogens with one attached hydrogen (secondary N) is 1. The highest BCUT2D eigenvalue weighted by molar-refractivity contribution is 5.92. The second kappa shape index (κ2) is 11.0. The van der Waals surface area contributed by atoms with Gasteiger partial charge >= 0.3 is 0 Å². The summed E-state index contributed by atoms with van der Waals surface area (Å²) < 4.78 is 16.4. The number of likely N-dealkylation sites (N-methyl/N-ethyl adjacent to an activating group) is 1. The Kier molecular flexibility index (Phi) is 7.90. The van der Waals surface area contributed by atoms with Gasteiger partial charge < -0.3 is 19.5 Å². The molecule has 0 saturated heterocycles. The lowest BCUT2D eigenvalue weighted by atomic mass is 10.2. The summed E-state index contributed by atoms with van der Waals surface area (Å²) in [6, 6.07) is 23.1. The number of hydrogen-bond donors (Lipinski definition) is 1. The van der Waals surface area contributed by atoms with Crippen molar-refractivity contribution >= 4 is 11.6 Å². The van der Waals surface area contributed by atoms with E-state index in [-0.39, 0.29) is 12.5 Å². The molecule has 6 nitrogen and oxygen atoms in total. The van der Waals surface area contributed by atoms with E-state index in [4.69, 9.17) is 14.2 Å². The topological polar surface area (TPSA) is 60.0 Å². The van der Waals surface area contributed by atoms with Crippen molar-refractivity contribution in [1.82, 2.24) is 4.90 Å². The number of benzene rings is 3. The molecule has 0 unspecified atom stereocenters. The Balaban J connectivity index is 1.47. The van der Waals surface area contributed by atoms with Gasteiger partial charge in [0.05, 0.1) is 20.8 Å². The summed E-state index contributed by atoms with van der Waals surface area (Å²) in [5, 5.41) is 2.92. The van der Waals surface area contributed by atoms with E-state index in [0.717, 1.165) is 22.6 Å². The number of rotatable bonds is 10. The first-order valence-corrected chi connectivity index (χ1v) is 10.0. The number of carbonyl (C=O) groups is 1. The van der Waals surface area contributed by atoms with Gasteiger partial charge in [-0.25, -0.2) is 0 Å². The van der Waals surface area contributed by atoms with Gasteiger partial charge in [-0.15, -0.1) is 0 Å². The van der Waals surface area contributed by atoms with Crippen LogP contribution >= 0.6 is 0 Å². The molecule has 0 spiro atoms. The van der Waals surface area contributed by atoms with Crippen LogP contribution in [0.4, 0.5) is 5.69 Å². The molecule has 0 saturated carbocycles. The zero-order valence-corrected chi connectivity index (χ0v) is 18.1. The predicted octanol–water partition coefficient (Wildman–Crippen LogP) is 4.35. The third kappa shape index (κ3) is 6.76. The van der Waals surface area contributed by atoms with Gasteiger partial charge in [0.1, 0.15) is 12.4 Å². The lowest BCUT2D eigenvalue weighted by Crippen LogP contribution is -2.29. The molecule has 31 heavy (non-hydrogen) atoms. The number of methoxy groups -OCH3 is 2. The highest BCUT2D eigenvalue weighted by Crippen LogP contribution is 2.28. The van der Waals surface area contributed by atoms with E-state index in [9.17, 15) is 4.79 Å². The Morgan fingerprint density at radius 2 is 1.58 bits per heavy atom. The van der Waals surface area contributed by atoms with E-state index in [1.165, 1.54) is 0 Å². The van der Waals surface area contributed by atoms with E-state index in [2.05, 4.69) is 5.32 Å². The average Bonchev–Trinajstić information content (AvgIpc) is 2.79. The van der Waals surface area contributed by atoms with Crippen LogP contribution in [0.2, 0.25) is 0 Å². The highest BCUT2D eigenvalue weighted by Gasteiger charge is 2.10. The number of nitrogens with zero attached hydrogens (tertiary/aromatic N) is 1. The van der Waals surface area contributed by atoms with Crippen LogP contribution in [-0.4, -0.2) is 38.6 Å². The van der Waals surface area contributed by atoms with E-state index >= 15 is 0 Å². The summed E-state index contributed by atoms with van der Waals surface area (Å²) in [4.78, 5) is 14.3. The first kappa shape index (κ1) is 22.2. The second-order valence-electron chi connectivity index (χ2n) is 7.21. The van der Waals surface area contributed by atoms with Crippen molar-refractivity contribution in [1.29, 1.82) is 0 Å². The van der Waals surface area contributed by atoms with Gasteiger partial charge in [-0.05, 0) is 54.6 Å². The van der Waals surface area contributed by atoms with Gasteiger partial charge in [-0.1, -0.05) is 36.4 Å². The average molecular weight is 421 g/mol. The van der Waals surface area contributed by atoms with Crippen molar-refractivity contribution in [2.45, 2.75) is 13.2 Å². The minimum Gasteiger partial charge on any atom is -0.493 e. The molecule has 3 rings (SSSR count). The van der Waals surface area contributed by atoms with Crippen molar-refractivity contribution in [3.63, 3.8) is 0 Å². The van der Waals surface area contributed by atoms with Crippen LogP contribution in [0.15, 0.2) is 72.8 Å². The monoisotopic (exact) mass is 420 g/mol. The lowest BCUT2D eigenvalue weighted by molar-refractivity contribution is -0.117. The minimum atomic E-state index is -0.0825. The van der Waals surface area contributed by atoms with E-state index in [0.29, 0.717) is 24.7 Å². The van der Waals surface area contributed by atoms with Gasteiger partial charge in [0.15, 0.2) is 11.5 Å². The van der Waals surface area contributed by atoms with Gasteiger partial charge in [0.25, 0.3) is 0 Å². The van der Waals surface area contributed by atoms with Crippen molar-refractivity contribution in [2.75, 3.05) is 33.1 Å². The molecule has 3 aromatic carbocycles. The molecule has 0 bridgehead atoms. The Morgan fingerprint density at radius 3 is 2.26 bits per heavy atom. The number of carbonyl (C=O) groups excluding carboxylic acids is 1. The Hall–Kier alpha value is -3.51. The molecule has 0 aromatic heterocycles. The molecular weight excluding hydrogens is 392 g/mol. The lowest BCUT2D eigenvalue weighted by Gasteiger charge is -2.17. The third-order valence-electron chi connectivity index (χ3n) is 4.70. The van der Waals surface area contributed by atoms with Crippen molar-refractivity contribution in [3.05, 3.63) is 83.9 Å². The number of ether oxygens (including phenoxy) is 3. The molecule has 0 aliphatic heterocycles. The van der Waals surface area contributed by atoms with E-state index in [1.807, 2.05) is 84.7 Å². The zero-order chi connectivity index (χ0) is 22.1. The Bertz CT molecular complexity index is 975. The van der Waals surface area contributed by atoms with E-state index in [1.54, 1.807) is 14.2 Å². The maximum absolute atomic E-state index is 12.4. The normalized spacial score (nSPS) is 10.6. The first-order valence-electron chi connectivity index (χ1n) is 10.0. The maximum Gasteiger partial charge on any atom is 0.238 e. The molecule has 3 aromatic rings. The molecule has 0 heterocycles. The number of hydrogen-bond acceptors (Lipinski definition) is 5. The maximum atomic E-state index is 12.4. The summed E-state index contributed by atoms with van der Waals surface area (Å²) in [5.74, 6) is 2.03. The van der Waals surface area contributed by atoms with Gasteiger partial charge in [-0.2, -0.15) is 0 Å². The summed E-state index contributed by atoms with van der Waals surface area (Å²) in [6.07, 6.45) is 0. The summed E-state index contributed by atoms with van der Waals surface area (Å²) in [7, 11) is 5.11. The molecule has 6 heteroatoms. The van der Waals surface area contributed by atoms with Crippen LogP contribution in [0.25, 0.3) is 0 Å². The summed E-state index contributed by atoms with van der Waals surface area (Å²) >= 11 is 0. The predicted molar refractivity (Wildman–Crippen MR) is 122 cm³/mol. The smallest absolute Gasteiger partial charge is 0.238 e. The van der Waals surface area contributed by atoms with E-state index < -0.39 is 0 Å². The Morgan fingerprint density at radius 1 is 0.871 bits per heavy atom. The molecule has 0 aliphatic carbocycles. The van der Waals surface area contributed by atoms with Crippen LogP contribution in [0.5, 0.6) is 17.2 Å². The first-order chi connectivity index (χ1) is 15.1. The molecule has 0 aliphatic rings. The standard InChI is InChI=1S/C25H28N2O4/c1-27(16-20-9-14-23(29-2)24(15-20)30-3)17-25(28)26-21-10-12-22(13-11-21)31-18-19-7-5-4-6-8-19/h4-15H,16-18H2,1-3H3,(H,26,28). The summed E-state index contributed by atoms with van der Waals surface area (Å²) in [5.41, 5.74) is 2.88.